The predicted octanol–water partition coefficient (Wildman–Crippen LogP) is 8.73. The van der Waals surface area contributed by atoms with Crippen molar-refractivity contribution in [3.63, 3.8) is 0 Å². The van der Waals surface area contributed by atoms with E-state index in [1.807, 2.05) is 6.92 Å². The van der Waals surface area contributed by atoms with Crippen LogP contribution in [0.4, 0.5) is 40.8 Å². The summed E-state index contributed by atoms with van der Waals surface area (Å²) in [6, 6.07) is -31.4. The maximum atomic E-state index is 14.8. The monoisotopic (exact) mass is 2140 g/mol. The molecule has 8 heterocycles. The molecule has 0 bridgehead atoms. The lowest BCUT2D eigenvalue weighted by Crippen LogP contribution is -2.33. The van der Waals surface area contributed by atoms with Crippen molar-refractivity contribution in [2.45, 2.75) is 297 Å². The normalized spacial score (nSPS) is 46.8. The molecule has 8 aliphatic rings. The van der Waals surface area contributed by atoms with Crippen LogP contribution in [0.1, 0.15) is 282 Å². The Hall–Kier alpha value is -9.52. The summed E-state index contributed by atoms with van der Waals surface area (Å²) >= 11 is 1.10. The first kappa shape index (κ1) is 53.1. The molecule has 8 aromatic heterocycles. The first-order valence-electron chi connectivity index (χ1n) is 73.1. The fourth-order valence-electron chi connectivity index (χ4n) is 13.2. The molecule has 8 fully saturated rings. The number of aliphatic hydroxyl groups excluding tert-OH is 2. The number of anilines is 4. The molecule has 0 saturated heterocycles. The second-order valence-electron chi connectivity index (χ2n) is 30.3. The number of hydrogen-bond acceptors (Lipinski definition) is 40. The molecule has 0 unspecified atom stereocenters. The SMILES string of the molecule is [2H]c1c([2H])c([C@@H]2C([2H])([2H])[C@@]2([2H])Nc2nc(SCCC)nc3c2nnn3[C@]2([2H])C([2H])([2H])[C@]([2H])(OCCO)[C@@]([2H])(O)[C@@]2([2H])O)c([2H])c(F)c1C.[2H]c1c([2H])c([C@@H]2C[C@@]2([2H])Nc2nc(SC([2H])([2H])C([2H])([2H])C)nc3c2nnn3[C@]2([2H])C([2H])([2H])[C@]([2H])(OC([2H])([2H])C([2H])([2H])O)[C@@]([2H])(O)[C@@]2([2H])O)c([2H])c(F)c1C.[2H]c1c([2H])c([C@@H]2C[C@@]2([2H])Nc2nc(SC([2H])([2H])C([2H])([2H])C)nc3c2nnn3[C@]2([2H])C([2H])([2H])[C@]([2H])(OC([2H])([2H])CO)[C@@]([2H])(O)[C@@]2([2H])O)c([2H])c(F)c1C.[2H]c1c([2H])c([C@@H]2C[C@@]2([2H])Nc2nc(SC([2H])([2H])C([2H])([2H])C)nc3c2nnn3[C@]2([2H])C([2H])([2H])[C@]([2H])(OCC([2H])([2H])O)[C@@]([2H])(O)[C@@]2([2H])O)c([2H])c(F)c1C. The maximum absolute atomic E-state index is 14.8. The second-order valence-corrected chi connectivity index (χ2v) is 33.7. The van der Waals surface area contributed by atoms with Crippen molar-refractivity contribution in [3.8, 4) is 0 Å². The molecule has 0 amide bonds. The number of nitrogens with one attached hydrogen (secondary N) is 4. The molecule has 12 aromatic rings. The molecule has 48 heteroatoms. The van der Waals surface area contributed by atoms with Crippen LogP contribution >= 0.6 is 47.0 Å². The van der Waals surface area contributed by atoms with Crippen LogP contribution in [0.5, 0.6) is 0 Å². The van der Waals surface area contributed by atoms with E-state index < -0.39 is 450 Å². The maximum Gasteiger partial charge on any atom is 0.191 e. The van der Waals surface area contributed by atoms with Crippen molar-refractivity contribution in [2.24, 2.45) is 0 Å². The van der Waals surface area contributed by atoms with Crippen molar-refractivity contribution in [3.05, 3.63) is 140 Å². The number of aromatic nitrogens is 20. The van der Waals surface area contributed by atoms with Gasteiger partial charge in [-0.3, -0.25) is 0 Å². The van der Waals surface area contributed by atoms with E-state index in [1.165, 1.54) is 27.7 Å². The van der Waals surface area contributed by atoms with E-state index in [2.05, 4.69) is 112 Å². The van der Waals surface area contributed by atoms with Crippen molar-refractivity contribution >= 4 is 115 Å². The highest BCUT2D eigenvalue weighted by Gasteiger charge is 2.51. The standard InChI is InChI=1S/4C24H31FN6O4S/c4*1-3-8-36-24-27-22(26-16-10-14(16)13-5-4-12(2)15(25)9-13)19-23(28-24)31(30-29-19)17-11-18(35-7-6-32)21(34)20(17)33/h4*4-5,9,14,16-18,20-21,32-34H,3,6-8,10-11H2,1-2H3,(H,26,27,28)/t4*14-,16+,17+,18-,20-,21+/m0000/s1/i3D2,4D,5D,6D2,7D2,8D2,9D,11D2,16D,17D,18D,20D,21D;3D2,4D,5D,7D2,8D2,9D,11D2,16D,17D,18D,20D,21D;3D2,4D,5D,6D2,8D2,9D,11D2,16D,17D,18D,20D,21D;4D,5D,9D,10D2,11D2,16D,17D,18D,20D,21D. The largest absolute Gasteiger partial charge is 0.394 e. The van der Waals surface area contributed by atoms with Gasteiger partial charge in [-0.05, 0) is 148 Å². The van der Waals surface area contributed by atoms with Crippen LogP contribution in [0.2, 0.25) is 0 Å². The molecule has 16 N–H and O–H groups in total. The third-order valence-corrected chi connectivity index (χ3v) is 23.7. The third-order valence-electron chi connectivity index (χ3n) is 20.6. The fraction of sp³-hybridized carbons (Fsp3) is 0.583. The zero-order chi connectivity index (χ0) is 157. The van der Waals surface area contributed by atoms with E-state index in [4.69, 9.17) is 94.5 Å². The summed E-state index contributed by atoms with van der Waals surface area (Å²) in [5, 5.41) is 164. The van der Waals surface area contributed by atoms with Crippen molar-refractivity contribution in [1.82, 2.24) is 99.8 Å². The highest BCUT2D eigenvalue weighted by atomic mass is 32.2. The van der Waals surface area contributed by atoms with Crippen LogP contribution in [-0.2, 0) is 18.9 Å². The van der Waals surface area contributed by atoms with Crippen LogP contribution in [-0.4, -0.2) is 334 Å². The average molecular weight is 2140 g/mol. The molecule has 8 saturated carbocycles. The molecule has 4 aromatic carbocycles. The molecule has 0 aliphatic heterocycles. The number of rotatable bonds is 40. The summed E-state index contributed by atoms with van der Waals surface area (Å²) in [6.45, 7) is -10.5. The molecule has 0 spiro atoms. The van der Waals surface area contributed by atoms with Gasteiger partial charge in [-0.2, -0.15) is 0 Å². The Morgan fingerprint density at radius 3 is 0.972 bits per heavy atom. The molecule has 144 heavy (non-hydrogen) atoms. The Bertz CT molecular complexity index is 9860. The Morgan fingerprint density at radius 1 is 0.375 bits per heavy atom. The van der Waals surface area contributed by atoms with Gasteiger partial charge in [-0.25, -0.2) is 76.2 Å². The predicted molar refractivity (Wildman–Crippen MR) is 530 cm³/mol. The molecular weight excluding hydrogens is 1950 g/mol. The highest BCUT2D eigenvalue weighted by Crippen LogP contribution is 2.50. The number of fused-ring (bicyclic) bond motifs is 4. The van der Waals surface area contributed by atoms with Crippen molar-refractivity contribution < 1.29 is 183 Å². The van der Waals surface area contributed by atoms with Gasteiger partial charge in [0.1, 0.15) is 71.9 Å². The van der Waals surface area contributed by atoms with Gasteiger partial charge < -0.3 is 101 Å². The Balaban J connectivity index is 0.000000177. The zero-order valence-electron chi connectivity index (χ0n) is 137. The van der Waals surface area contributed by atoms with Gasteiger partial charge in [0.05, 0.1) is 156 Å². The first-order chi connectivity index (χ1) is 92.5. The summed E-state index contributed by atoms with van der Waals surface area (Å²) in [6.07, 6.45) is -75.9. The Kier molecular flexibility index (Phi) is 17.4. The smallest absolute Gasteiger partial charge is 0.191 e. The van der Waals surface area contributed by atoms with Crippen molar-refractivity contribution in [1.29, 1.82) is 0 Å². The number of nitrogens with zero attached hydrogens (tertiary/aromatic N) is 20. The van der Waals surface area contributed by atoms with Crippen LogP contribution in [0.15, 0.2) is 93.1 Å². The zero-order valence-corrected chi connectivity index (χ0v) is 78.5. The van der Waals surface area contributed by atoms with Crippen molar-refractivity contribution in [2.75, 3.05) is 96.8 Å². The van der Waals surface area contributed by atoms with Gasteiger partial charge in [0, 0.05) is 126 Å². The van der Waals surface area contributed by atoms with Crippen LogP contribution < -0.4 is 21.3 Å². The van der Waals surface area contributed by atoms with Gasteiger partial charge in [0.2, 0.25) is 0 Å². The average Bonchev–Trinajstić information content (AvgIpc) is 1.48. The van der Waals surface area contributed by atoms with Gasteiger partial charge in [-0.1, -0.05) is 144 Å². The fourth-order valence-corrected chi connectivity index (χ4v) is 15.3. The minimum absolute atomic E-state index is 0.000559. The summed E-state index contributed by atoms with van der Waals surface area (Å²) < 4.78 is 594. The molecule has 24 atom stereocenters. The lowest BCUT2D eigenvalue weighted by molar-refractivity contribution is -0.0629. The highest BCUT2D eigenvalue weighted by molar-refractivity contribution is 7.99. The number of aliphatic hydroxyl groups is 12. The van der Waals surface area contributed by atoms with Gasteiger partial charge in [0.15, 0.2) is 88.6 Å². The Morgan fingerprint density at radius 2 is 0.674 bits per heavy atom. The second kappa shape index (κ2) is 47.3. The van der Waals surface area contributed by atoms with E-state index in [-0.39, 0.29) is 117 Å². The summed E-state index contributed by atoms with van der Waals surface area (Å²) in [7, 11) is 0. The van der Waals surface area contributed by atoms with Crippen LogP contribution in [0.25, 0.3) is 44.7 Å². The summed E-state index contributed by atoms with van der Waals surface area (Å²) in [5.74, 6) is -11.4. The third kappa shape index (κ3) is 23.8. The number of benzene rings is 4. The summed E-state index contributed by atoms with van der Waals surface area (Å²) in [5.41, 5.74) is -16.8. The lowest BCUT2D eigenvalue weighted by atomic mass is 10.1. The minimum atomic E-state index is -4.45. The molecule has 8 aliphatic carbocycles. The molecule has 776 valence electrons. The topological polar surface area (TPSA) is 554 Å². The van der Waals surface area contributed by atoms with Crippen LogP contribution in [0.3, 0.4) is 0 Å². The van der Waals surface area contributed by atoms with E-state index in [1.54, 1.807) is 0 Å². The number of halogens is 4. The van der Waals surface area contributed by atoms with E-state index in [9.17, 15) is 78.8 Å². The molecule has 20 rings (SSSR count). The van der Waals surface area contributed by atoms with E-state index >= 15 is 0 Å². The van der Waals surface area contributed by atoms with Crippen LogP contribution in [0, 0.1) is 51.0 Å². The molecule has 40 nitrogen and oxygen atoms in total. The molecule has 0 radical (unpaired) electrons. The lowest BCUT2D eigenvalue weighted by Gasteiger charge is -2.17. The Labute approximate surface area is 930 Å². The van der Waals surface area contributed by atoms with Gasteiger partial charge >= 0.3 is 0 Å². The quantitative estimate of drug-likeness (QED) is 0.00969. The van der Waals surface area contributed by atoms with E-state index in [0.29, 0.717) is 12.2 Å². The van der Waals surface area contributed by atoms with Gasteiger partial charge in [0.25, 0.3) is 0 Å². The number of ether oxygens (including phenoxy) is 4. The first-order valence-corrected chi connectivity index (χ1v) is 45.5. The summed E-state index contributed by atoms with van der Waals surface area (Å²) in [4.78, 5) is 32.8. The number of hydrogen-bond donors (Lipinski definition) is 16. The molecular formula is C96H124F4N24O16S4. The van der Waals surface area contributed by atoms with E-state index in [0.717, 1.165) is 32.5 Å². The number of thioether (sulfide) groups is 4. The minimum Gasteiger partial charge on any atom is -0.394 e. The van der Waals surface area contributed by atoms with Gasteiger partial charge in [-0.15, -0.1) is 20.4 Å².